The van der Waals surface area contributed by atoms with E-state index in [2.05, 4.69) is 135 Å². The quantitative estimate of drug-likeness (QED) is 0.0947. The van der Waals surface area contributed by atoms with Gasteiger partial charge in [-0.15, -0.1) is 12.1 Å². The summed E-state index contributed by atoms with van der Waals surface area (Å²) < 4.78 is 23.6. The zero-order valence-corrected chi connectivity index (χ0v) is 35.3. The summed E-state index contributed by atoms with van der Waals surface area (Å²) in [4.78, 5) is 4.85. The van der Waals surface area contributed by atoms with Crippen molar-refractivity contribution in [3.05, 3.63) is 188 Å². The van der Waals surface area contributed by atoms with Gasteiger partial charge in [-0.1, -0.05) is 141 Å². The smallest absolute Gasteiger partial charge is 0.268 e. The van der Waals surface area contributed by atoms with Crippen LogP contribution in [0.15, 0.2) is 164 Å². The summed E-state index contributed by atoms with van der Waals surface area (Å²) in [6, 6.07) is 60.7. The van der Waals surface area contributed by atoms with Crippen LogP contribution in [-0.4, -0.2) is 16.3 Å². The maximum atomic E-state index is 6.54. The van der Waals surface area contributed by atoms with E-state index in [-0.39, 0.29) is 33.2 Å². The number of rotatable bonds is 6. The van der Waals surface area contributed by atoms with Gasteiger partial charge in [0.05, 0.1) is 22.4 Å². The molecule has 0 unspecified atom stereocenters. The second-order valence-corrected chi connectivity index (χ2v) is 16.0. The molecule has 2 aliphatic rings. The van der Waals surface area contributed by atoms with E-state index in [9.17, 15) is 0 Å². The molecule has 8 heteroatoms. The van der Waals surface area contributed by atoms with Gasteiger partial charge in [-0.3, -0.25) is 9.55 Å². The summed E-state index contributed by atoms with van der Waals surface area (Å²) in [7, 11) is 0. The third kappa shape index (κ3) is 6.41. The Bertz CT molecular complexity index is 3050. The molecule has 60 heavy (non-hydrogen) atoms. The van der Waals surface area contributed by atoms with Gasteiger partial charge in [0.25, 0.3) is 6.33 Å². The van der Waals surface area contributed by atoms with Crippen LogP contribution >= 0.6 is 0 Å². The van der Waals surface area contributed by atoms with Crippen LogP contribution in [0.5, 0.6) is 34.5 Å². The number of aromatic nitrogens is 3. The normalized spacial score (nSPS) is 12.3. The molecule has 0 atom stereocenters. The summed E-state index contributed by atoms with van der Waals surface area (Å²) in [5, 5.41) is 0. The molecular weight excluding hydrogens is 920 g/mol. The monoisotopic (exact) mass is 956 g/mol. The molecule has 292 valence electrons. The van der Waals surface area contributed by atoms with E-state index in [1.807, 2.05) is 77.5 Å². The molecule has 2 aliphatic heterocycles. The fraction of sp³-hybridized carbons (Fsp3) is 0.0769. The molecule has 11 rings (SSSR count). The standard InChI is InChI=1S/C52H36BN3O3.Pt/c1-52(2,3)34-27-28-54-43(29-34)39-18-5-4-17-38(39)40-19-6-9-22-44(40)56-33-55(45-23-10-11-24-46(45)56)35-15-14-16-36(30-35)57-37-31-49-51-50(32-37)59-48-26-13-8-21-42(48)53(51)41-20-7-12-25-47(41)58-49;/h4-29,31H,1-3H3;/q-2;. The molecule has 9 aromatic rings. The molecule has 0 aliphatic carbocycles. The average molecular weight is 957 g/mol. The van der Waals surface area contributed by atoms with E-state index in [0.29, 0.717) is 23.0 Å². The number of benzene rings is 7. The topological polar surface area (TPSA) is 49.4 Å². The third-order valence-corrected chi connectivity index (χ3v) is 11.2. The van der Waals surface area contributed by atoms with Gasteiger partial charge < -0.3 is 18.8 Å². The second-order valence-electron chi connectivity index (χ2n) is 16.0. The molecule has 0 amide bonds. The fourth-order valence-electron chi connectivity index (χ4n) is 8.39. The molecule has 4 heterocycles. The Morgan fingerprint density at radius 2 is 1.32 bits per heavy atom. The number of imidazole rings is 1. The van der Waals surface area contributed by atoms with Crippen molar-refractivity contribution in [1.29, 1.82) is 0 Å². The SMILES string of the molecule is CC(C)(C)c1ccnc(-c2ccccc2-c2ccccc2-[n+]2[c-]n(-c3[c-]c(Oc4[c-]c5c6c(c4)Oc4ccccc4B6c4ccccc4O5)ccc3)c3ccccc32)c1.[Pt]. The van der Waals surface area contributed by atoms with Crippen molar-refractivity contribution in [2.24, 2.45) is 0 Å². The predicted octanol–water partition coefficient (Wildman–Crippen LogP) is 9.85. The van der Waals surface area contributed by atoms with Crippen LogP contribution in [0, 0.1) is 18.5 Å². The zero-order chi connectivity index (χ0) is 39.7. The van der Waals surface area contributed by atoms with Crippen molar-refractivity contribution >= 4 is 34.1 Å². The van der Waals surface area contributed by atoms with Gasteiger partial charge in [0.15, 0.2) is 6.71 Å². The zero-order valence-electron chi connectivity index (χ0n) is 33.0. The number of ether oxygens (including phenoxy) is 3. The van der Waals surface area contributed by atoms with Crippen molar-refractivity contribution in [1.82, 2.24) is 9.55 Å². The van der Waals surface area contributed by atoms with Gasteiger partial charge in [0.1, 0.15) is 11.5 Å². The van der Waals surface area contributed by atoms with Gasteiger partial charge >= 0.3 is 0 Å². The minimum atomic E-state index is -0.0331. The van der Waals surface area contributed by atoms with Crippen LogP contribution in [0.1, 0.15) is 26.3 Å². The molecule has 6 nitrogen and oxygen atoms in total. The molecule has 0 spiro atoms. The molecule has 7 aromatic carbocycles. The molecule has 0 radical (unpaired) electrons. The molecular formula is C52H36BN3O3Pt-2. The second kappa shape index (κ2) is 14.8. The molecule has 0 saturated carbocycles. The molecule has 0 bridgehead atoms. The maximum Gasteiger partial charge on any atom is 0.268 e. The van der Waals surface area contributed by atoms with Crippen molar-refractivity contribution in [2.45, 2.75) is 26.2 Å². The largest absolute Gasteiger partial charge is 0.510 e. The number of nitrogens with zero attached hydrogens (tertiary/aromatic N) is 3. The summed E-state index contributed by atoms with van der Waals surface area (Å²) in [5.74, 6) is 3.89. The van der Waals surface area contributed by atoms with Crippen LogP contribution < -0.4 is 35.2 Å². The minimum absolute atomic E-state index is 0. The number of hydrogen-bond donors (Lipinski definition) is 0. The van der Waals surface area contributed by atoms with Gasteiger partial charge in [-0.2, -0.15) is 12.1 Å². The molecule has 0 saturated heterocycles. The predicted molar refractivity (Wildman–Crippen MR) is 233 cm³/mol. The van der Waals surface area contributed by atoms with Crippen molar-refractivity contribution in [3.8, 4) is 68.3 Å². The van der Waals surface area contributed by atoms with Crippen LogP contribution in [0.4, 0.5) is 0 Å². The Kier molecular flexibility index (Phi) is 9.30. The van der Waals surface area contributed by atoms with Gasteiger partial charge in [-0.05, 0) is 69.1 Å². The van der Waals surface area contributed by atoms with Crippen LogP contribution in [0.25, 0.3) is 44.8 Å². The summed E-state index contributed by atoms with van der Waals surface area (Å²) in [5.41, 5.74) is 12.3. The molecule has 0 N–H and O–H groups in total. The average Bonchev–Trinajstić information content (AvgIpc) is 3.66. The van der Waals surface area contributed by atoms with Crippen molar-refractivity contribution in [2.75, 3.05) is 0 Å². The van der Waals surface area contributed by atoms with E-state index in [1.54, 1.807) is 0 Å². The van der Waals surface area contributed by atoms with Crippen LogP contribution in [-0.2, 0) is 26.5 Å². The fourth-order valence-corrected chi connectivity index (χ4v) is 8.39. The summed E-state index contributed by atoms with van der Waals surface area (Å²) >= 11 is 0. The number of fused-ring (bicyclic) bond motifs is 5. The minimum Gasteiger partial charge on any atom is -0.510 e. The Balaban J connectivity index is 0.00000433. The van der Waals surface area contributed by atoms with E-state index in [0.717, 1.165) is 72.7 Å². The first kappa shape index (κ1) is 37.6. The van der Waals surface area contributed by atoms with Crippen molar-refractivity contribution in [3.63, 3.8) is 0 Å². The number of hydrogen-bond acceptors (Lipinski definition) is 4. The summed E-state index contributed by atoms with van der Waals surface area (Å²) in [6.07, 6.45) is 5.60. The Hall–Kier alpha value is -6.69. The van der Waals surface area contributed by atoms with Gasteiger partial charge in [-0.25, -0.2) is 0 Å². The summed E-state index contributed by atoms with van der Waals surface area (Å²) in [6.45, 7) is 6.66. The van der Waals surface area contributed by atoms with E-state index in [1.165, 1.54) is 5.56 Å². The number of pyridine rings is 1. The van der Waals surface area contributed by atoms with E-state index in [4.69, 9.17) is 19.2 Å². The third-order valence-electron chi connectivity index (χ3n) is 11.2. The van der Waals surface area contributed by atoms with Crippen molar-refractivity contribution < 1.29 is 39.8 Å². The maximum absolute atomic E-state index is 6.54. The van der Waals surface area contributed by atoms with Crippen LogP contribution in [0.3, 0.4) is 0 Å². The van der Waals surface area contributed by atoms with E-state index < -0.39 is 0 Å². The van der Waals surface area contributed by atoms with Gasteiger partial charge in [0.2, 0.25) is 0 Å². The van der Waals surface area contributed by atoms with Gasteiger partial charge in [0, 0.05) is 55.8 Å². The first-order valence-corrected chi connectivity index (χ1v) is 19.8. The number of para-hydroxylation sites is 5. The molecule has 2 aromatic heterocycles. The first-order valence-electron chi connectivity index (χ1n) is 19.8. The van der Waals surface area contributed by atoms with E-state index >= 15 is 0 Å². The first-order chi connectivity index (χ1) is 28.9. The Morgan fingerprint density at radius 3 is 2.12 bits per heavy atom. The Morgan fingerprint density at radius 1 is 0.633 bits per heavy atom. The van der Waals surface area contributed by atoms with Crippen LogP contribution in [0.2, 0.25) is 0 Å². The Labute approximate surface area is 364 Å². The molecule has 0 fully saturated rings.